The van der Waals surface area contributed by atoms with Crippen LogP contribution < -0.4 is 0 Å². The van der Waals surface area contributed by atoms with Crippen LogP contribution in [0.1, 0.15) is 52.4 Å². The minimum Gasteiger partial charge on any atom is -0.376 e. The molecule has 19 heavy (non-hydrogen) atoms. The molecule has 0 saturated heterocycles. The van der Waals surface area contributed by atoms with Crippen LogP contribution in [0.15, 0.2) is 23.8 Å². The average Bonchev–Trinajstić information content (AvgIpc) is 2.45. The summed E-state index contributed by atoms with van der Waals surface area (Å²) in [5.74, 6) is 0.815. The van der Waals surface area contributed by atoms with Crippen LogP contribution in [0.5, 0.6) is 0 Å². The maximum absolute atomic E-state index is 5.81. The molecule has 1 unspecified atom stereocenters. The Balaban J connectivity index is 1.66. The lowest BCUT2D eigenvalue weighted by Gasteiger charge is -2.26. The van der Waals surface area contributed by atoms with E-state index in [-0.39, 0.29) is 6.10 Å². The normalized spacial score (nSPS) is 24.8. The fourth-order valence-electron chi connectivity index (χ4n) is 2.96. The molecule has 0 aromatic heterocycles. The van der Waals surface area contributed by atoms with Gasteiger partial charge in [0.2, 0.25) is 0 Å². The first kappa shape index (κ1) is 14.8. The van der Waals surface area contributed by atoms with Crippen molar-refractivity contribution in [3.8, 4) is 0 Å². The molecule has 0 N–H and O–H groups in total. The molecule has 0 amide bonds. The molecule has 2 aliphatic carbocycles. The number of allylic oxidation sites excluding steroid dienone is 2. The summed E-state index contributed by atoms with van der Waals surface area (Å²) in [7, 11) is 0. The molecule has 0 heterocycles. The van der Waals surface area contributed by atoms with E-state index in [1.807, 2.05) is 0 Å². The zero-order chi connectivity index (χ0) is 13.5. The first-order valence-electron chi connectivity index (χ1n) is 7.87. The minimum absolute atomic E-state index is 0.253. The van der Waals surface area contributed by atoms with Crippen LogP contribution in [-0.4, -0.2) is 25.4 Å². The van der Waals surface area contributed by atoms with Crippen molar-refractivity contribution in [2.75, 3.05) is 13.2 Å². The zero-order valence-electron chi connectivity index (χ0n) is 12.4. The summed E-state index contributed by atoms with van der Waals surface area (Å²) in [5.41, 5.74) is 1.55. The van der Waals surface area contributed by atoms with Crippen molar-refractivity contribution in [2.45, 2.75) is 64.6 Å². The Kier molecular flexibility index (Phi) is 6.12. The quantitative estimate of drug-likeness (QED) is 0.667. The van der Waals surface area contributed by atoms with E-state index >= 15 is 0 Å². The average molecular weight is 264 g/mol. The van der Waals surface area contributed by atoms with Gasteiger partial charge in [0.25, 0.3) is 0 Å². The number of ether oxygens (including phenoxy) is 2. The van der Waals surface area contributed by atoms with Gasteiger partial charge in [0.05, 0.1) is 25.4 Å². The highest BCUT2D eigenvalue weighted by molar-refractivity contribution is 5.27. The van der Waals surface area contributed by atoms with Crippen molar-refractivity contribution in [3.63, 3.8) is 0 Å². The molecule has 1 fully saturated rings. The number of rotatable bonds is 6. The van der Waals surface area contributed by atoms with E-state index in [0.717, 1.165) is 12.3 Å². The standard InChI is InChI=1S/C17H28O2/c1-14(2)18-12-13-19-17-10-8-16(9-11-17)15-6-4-3-5-7-15/h8-10,14-15,17H,3-7,11-13H2,1-2H3. The Hall–Kier alpha value is -0.600. The van der Waals surface area contributed by atoms with Gasteiger partial charge in [0.1, 0.15) is 0 Å². The predicted octanol–water partition coefficient (Wildman–Crippen LogP) is 4.26. The lowest BCUT2D eigenvalue weighted by atomic mass is 9.82. The van der Waals surface area contributed by atoms with Crippen molar-refractivity contribution >= 4 is 0 Å². The lowest BCUT2D eigenvalue weighted by Crippen LogP contribution is -2.18. The van der Waals surface area contributed by atoms with Crippen molar-refractivity contribution in [1.82, 2.24) is 0 Å². The van der Waals surface area contributed by atoms with Gasteiger partial charge in [-0.3, -0.25) is 0 Å². The largest absolute Gasteiger partial charge is 0.376 e. The number of hydrogen-bond acceptors (Lipinski definition) is 2. The third-order valence-corrected chi connectivity index (χ3v) is 4.03. The fraction of sp³-hybridized carbons (Fsp3) is 0.765. The SMILES string of the molecule is CC(C)OCCOC1C=CC(C2CCCCC2)=CC1. The summed E-state index contributed by atoms with van der Waals surface area (Å²) in [6.45, 7) is 5.50. The summed E-state index contributed by atoms with van der Waals surface area (Å²) in [6, 6.07) is 0. The molecule has 0 radical (unpaired) electrons. The molecule has 2 aliphatic rings. The van der Waals surface area contributed by atoms with Gasteiger partial charge in [-0.25, -0.2) is 0 Å². The highest BCUT2D eigenvalue weighted by atomic mass is 16.5. The van der Waals surface area contributed by atoms with Gasteiger partial charge in [-0.05, 0) is 44.6 Å². The van der Waals surface area contributed by atoms with Gasteiger partial charge in [-0.15, -0.1) is 0 Å². The van der Waals surface area contributed by atoms with Crippen LogP contribution in [0.4, 0.5) is 0 Å². The first-order valence-corrected chi connectivity index (χ1v) is 7.87. The summed E-state index contributed by atoms with van der Waals surface area (Å²) in [4.78, 5) is 0. The topological polar surface area (TPSA) is 18.5 Å². The zero-order valence-corrected chi connectivity index (χ0v) is 12.4. The van der Waals surface area contributed by atoms with E-state index in [1.165, 1.54) is 32.1 Å². The van der Waals surface area contributed by atoms with Gasteiger partial charge in [0, 0.05) is 0 Å². The van der Waals surface area contributed by atoms with Crippen molar-refractivity contribution in [3.05, 3.63) is 23.8 Å². The van der Waals surface area contributed by atoms with Crippen LogP contribution in [0.3, 0.4) is 0 Å². The number of hydrogen-bond donors (Lipinski definition) is 0. The maximum atomic E-state index is 5.81. The van der Waals surface area contributed by atoms with Crippen LogP contribution in [-0.2, 0) is 9.47 Å². The van der Waals surface area contributed by atoms with Crippen molar-refractivity contribution < 1.29 is 9.47 Å². The smallest absolute Gasteiger partial charge is 0.0794 e. The highest BCUT2D eigenvalue weighted by Crippen LogP contribution is 2.32. The maximum Gasteiger partial charge on any atom is 0.0794 e. The molecule has 0 aromatic carbocycles. The second kappa shape index (κ2) is 7.86. The summed E-state index contributed by atoms with van der Waals surface area (Å²) in [6.07, 6.45) is 15.5. The predicted molar refractivity (Wildman–Crippen MR) is 79.2 cm³/mol. The van der Waals surface area contributed by atoms with E-state index in [1.54, 1.807) is 5.57 Å². The summed E-state index contributed by atoms with van der Waals surface area (Å²) >= 11 is 0. The molecular weight excluding hydrogens is 236 g/mol. The van der Waals surface area contributed by atoms with Gasteiger partial charge < -0.3 is 9.47 Å². The van der Waals surface area contributed by atoms with E-state index < -0.39 is 0 Å². The van der Waals surface area contributed by atoms with Gasteiger partial charge in [-0.1, -0.05) is 37.5 Å². The van der Waals surface area contributed by atoms with E-state index in [0.29, 0.717) is 19.3 Å². The lowest BCUT2D eigenvalue weighted by molar-refractivity contribution is 0.00215. The monoisotopic (exact) mass is 264 g/mol. The molecule has 2 rings (SSSR count). The third kappa shape index (κ3) is 5.12. The fourth-order valence-corrected chi connectivity index (χ4v) is 2.96. The third-order valence-electron chi connectivity index (χ3n) is 4.03. The Bertz CT molecular complexity index is 311. The molecule has 0 bridgehead atoms. The van der Waals surface area contributed by atoms with E-state index in [9.17, 15) is 0 Å². The van der Waals surface area contributed by atoms with Crippen LogP contribution in [0.2, 0.25) is 0 Å². The highest BCUT2D eigenvalue weighted by Gasteiger charge is 2.18. The minimum atomic E-state index is 0.253. The Morgan fingerprint density at radius 2 is 1.95 bits per heavy atom. The van der Waals surface area contributed by atoms with E-state index in [2.05, 4.69) is 32.1 Å². The van der Waals surface area contributed by atoms with Crippen molar-refractivity contribution in [1.29, 1.82) is 0 Å². The summed E-state index contributed by atoms with van der Waals surface area (Å²) < 4.78 is 11.3. The van der Waals surface area contributed by atoms with Gasteiger partial charge in [-0.2, -0.15) is 0 Å². The second-order valence-electron chi connectivity index (χ2n) is 5.96. The van der Waals surface area contributed by atoms with Crippen LogP contribution >= 0.6 is 0 Å². The molecule has 2 nitrogen and oxygen atoms in total. The van der Waals surface area contributed by atoms with E-state index in [4.69, 9.17) is 9.47 Å². The second-order valence-corrected chi connectivity index (χ2v) is 5.96. The van der Waals surface area contributed by atoms with Gasteiger partial charge >= 0.3 is 0 Å². The Morgan fingerprint density at radius 1 is 1.16 bits per heavy atom. The molecule has 108 valence electrons. The van der Waals surface area contributed by atoms with Crippen LogP contribution in [0, 0.1) is 5.92 Å². The first-order chi connectivity index (χ1) is 9.25. The van der Waals surface area contributed by atoms with Crippen molar-refractivity contribution in [2.24, 2.45) is 5.92 Å². The summed E-state index contributed by atoms with van der Waals surface area (Å²) in [5, 5.41) is 0. The molecule has 2 heteroatoms. The molecular formula is C17H28O2. The molecule has 0 spiro atoms. The molecule has 1 atom stereocenters. The Labute approximate surface area is 117 Å². The molecule has 0 aromatic rings. The molecule has 0 aliphatic heterocycles. The van der Waals surface area contributed by atoms with Gasteiger partial charge in [0.15, 0.2) is 0 Å². The Morgan fingerprint density at radius 3 is 2.58 bits per heavy atom. The van der Waals surface area contributed by atoms with Crippen LogP contribution in [0.25, 0.3) is 0 Å². The molecule has 1 saturated carbocycles.